The lowest BCUT2D eigenvalue weighted by Gasteiger charge is -2.43. The van der Waals surface area contributed by atoms with E-state index in [4.69, 9.17) is 10.5 Å². The number of nitrogens with two attached hydrogens (primary N) is 1. The Hall–Kier alpha value is -0.120. The van der Waals surface area contributed by atoms with E-state index in [2.05, 4.69) is 11.8 Å². The Balaban J connectivity index is 1.94. The van der Waals surface area contributed by atoms with Gasteiger partial charge in [0.15, 0.2) is 0 Å². The van der Waals surface area contributed by atoms with Gasteiger partial charge in [-0.3, -0.25) is 4.90 Å². The van der Waals surface area contributed by atoms with E-state index in [0.717, 1.165) is 19.2 Å². The van der Waals surface area contributed by atoms with Gasteiger partial charge in [0.25, 0.3) is 0 Å². The molecule has 88 valence electrons. The van der Waals surface area contributed by atoms with Crippen LogP contribution in [0.15, 0.2) is 0 Å². The molecule has 0 aliphatic carbocycles. The molecule has 2 heterocycles. The molecule has 3 heteroatoms. The van der Waals surface area contributed by atoms with Crippen LogP contribution in [0.3, 0.4) is 0 Å². The van der Waals surface area contributed by atoms with Crippen molar-refractivity contribution >= 4 is 0 Å². The van der Waals surface area contributed by atoms with Crippen molar-refractivity contribution in [2.24, 2.45) is 5.73 Å². The third-order valence-electron chi connectivity index (χ3n) is 3.87. The zero-order chi connectivity index (χ0) is 10.7. The van der Waals surface area contributed by atoms with Gasteiger partial charge < -0.3 is 10.5 Å². The summed E-state index contributed by atoms with van der Waals surface area (Å²) in [7, 11) is 0. The van der Waals surface area contributed by atoms with E-state index in [-0.39, 0.29) is 0 Å². The van der Waals surface area contributed by atoms with E-state index in [1.165, 1.54) is 38.6 Å². The molecule has 0 saturated carbocycles. The molecule has 3 nitrogen and oxygen atoms in total. The molecule has 0 aromatic heterocycles. The van der Waals surface area contributed by atoms with Crippen LogP contribution >= 0.6 is 0 Å². The molecule has 2 aliphatic heterocycles. The van der Waals surface area contributed by atoms with Crippen LogP contribution in [0, 0.1) is 0 Å². The van der Waals surface area contributed by atoms with Crippen molar-refractivity contribution in [2.45, 2.75) is 57.2 Å². The highest BCUT2D eigenvalue weighted by Crippen LogP contribution is 2.26. The minimum absolute atomic E-state index is 0.434. The Bertz CT molecular complexity index is 198. The molecule has 0 bridgehead atoms. The van der Waals surface area contributed by atoms with Gasteiger partial charge in [0.1, 0.15) is 0 Å². The van der Waals surface area contributed by atoms with Gasteiger partial charge >= 0.3 is 0 Å². The highest BCUT2D eigenvalue weighted by molar-refractivity contribution is 4.86. The highest BCUT2D eigenvalue weighted by atomic mass is 16.5. The van der Waals surface area contributed by atoms with E-state index >= 15 is 0 Å². The summed E-state index contributed by atoms with van der Waals surface area (Å²) in [5.41, 5.74) is 5.86. The summed E-state index contributed by atoms with van der Waals surface area (Å²) in [5.74, 6) is 0. The highest BCUT2D eigenvalue weighted by Gasteiger charge is 2.30. The molecule has 3 unspecified atom stereocenters. The number of ether oxygens (including phenoxy) is 1. The third kappa shape index (κ3) is 2.71. The second-order valence-corrected chi connectivity index (χ2v) is 4.98. The average Bonchev–Trinajstić information content (AvgIpc) is 2.29. The molecule has 0 amide bonds. The van der Waals surface area contributed by atoms with Crippen molar-refractivity contribution in [3.05, 3.63) is 0 Å². The van der Waals surface area contributed by atoms with Crippen molar-refractivity contribution in [3.63, 3.8) is 0 Å². The summed E-state index contributed by atoms with van der Waals surface area (Å²) in [6, 6.07) is 1.36. The summed E-state index contributed by atoms with van der Waals surface area (Å²) in [5, 5.41) is 0. The van der Waals surface area contributed by atoms with Gasteiger partial charge in [-0.25, -0.2) is 0 Å². The molecule has 2 aliphatic rings. The van der Waals surface area contributed by atoms with Gasteiger partial charge in [-0.15, -0.1) is 0 Å². The monoisotopic (exact) mass is 212 g/mol. The van der Waals surface area contributed by atoms with Crippen LogP contribution in [0.1, 0.15) is 39.0 Å². The first kappa shape index (κ1) is 11.4. The molecule has 2 rings (SSSR count). The fourth-order valence-corrected chi connectivity index (χ4v) is 3.03. The number of piperidine rings is 1. The lowest BCUT2D eigenvalue weighted by Crippen LogP contribution is -2.52. The predicted molar refractivity (Wildman–Crippen MR) is 61.8 cm³/mol. The SMILES string of the molecule is CC1CC(N2CCCCC2CN)CCO1. The Morgan fingerprint density at radius 3 is 2.93 bits per heavy atom. The van der Waals surface area contributed by atoms with Gasteiger partial charge in [0, 0.05) is 25.2 Å². The van der Waals surface area contributed by atoms with E-state index < -0.39 is 0 Å². The number of rotatable bonds is 2. The van der Waals surface area contributed by atoms with Crippen LogP contribution in [-0.2, 0) is 4.74 Å². The second kappa shape index (κ2) is 5.28. The predicted octanol–water partition coefficient (Wildman–Crippen LogP) is 1.37. The van der Waals surface area contributed by atoms with Crippen LogP contribution in [0.2, 0.25) is 0 Å². The summed E-state index contributed by atoms with van der Waals surface area (Å²) in [6.45, 7) is 5.19. The minimum Gasteiger partial charge on any atom is -0.378 e. The molecule has 0 radical (unpaired) electrons. The van der Waals surface area contributed by atoms with Gasteiger partial charge in [-0.1, -0.05) is 6.42 Å². The van der Waals surface area contributed by atoms with E-state index in [9.17, 15) is 0 Å². The molecular formula is C12H24N2O. The van der Waals surface area contributed by atoms with Gasteiger partial charge in [-0.2, -0.15) is 0 Å². The van der Waals surface area contributed by atoms with Crippen LogP contribution in [0.4, 0.5) is 0 Å². The Morgan fingerprint density at radius 1 is 1.33 bits per heavy atom. The molecule has 15 heavy (non-hydrogen) atoms. The average molecular weight is 212 g/mol. The van der Waals surface area contributed by atoms with Crippen molar-refractivity contribution in [1.82, 2.24) is 4.90 Å². The van der Waals surface area contributed by atoms with E-state index in [0.29, 0.717) is 12.1 Å². The first-order valence-electron chi connectivity index (χ1n) is 6.38. The van der Waals surface area contributed by atoms with Gasteiger partial charge in [0.2, 0.25) is 0 Å². The van der Waals surface area contributed by atoms with Crippen LogP contribution in [0.25, 0.3) is 0 Å². The maximum Gasteiger partial charge on any atom is 0.0561 e. The normalized spacial score (nSPS) is 39.2. The number of hydrogen-bond donors (Lipinski definition) is 1. The molecule has 2 saturated heterocycles. The van der Waals surface area contributed by atoms with Gasteiger partial charge in [0.05, 0.1) is 6.10 Å². The Kier molecular flexibility index (Phi) is 4.00. The summed E-state index contributed by atoms with van der Waals surface area (Å²) >= 11 is 0. The van der Waals surface area contributed by atoms with E-state index in [1.807, 2.05) is 0 Å². The smallest absolute Gasteiger partial charge is 0.0561 e. The molecule has 2 N–H and O–H groups in total. The topological polar surface area (TPSA) is 38.5 Å². The quantitative estimate of drug-likeness (QED) is 0.751. The van der Waals surface area contributed by atoms with Crippen LogP contribution in [0.5, 0.6) is 0 Å². The molecular weight excluding hydrogens is 188 g/mol. The van der Waals surface area contributed by atoms with Crippen LogP contribution in [-0.4, -0.2) is 42.8 Å². The van der Waals surface area contributed by atoms with Crippen molar-refractivity contribution in [2.75, 3.05) is 19.7 Å². The second-order valence-electron chi connectivity index (χ2n) is 4.98. The molecule has 0 spiro atoms. The number of likely N-dealkylation sites (tertiary alicyclic amines) is 1. The summed E-state index contributed by atoms with van der Waals surface area (Å²) in [4.78, 5) is 2.66. The maximum atomic E-state index is 5.86. The zero-order valence-electron chi connectivity index (χ0n) is 9.82. The number of hydrogen-bond acceptors (Lipinski definition) is 3. The van der Waals surface area contributed by atoms with Crippen molar-refractivity contribution in [1.29, 1.82) is 0 Å². The fraction of sp³-hybridized carbons (Fsp3) is 1.00. The zero-order valence-corrected chi connectivity index (χ0v) is 9.82. The lowest BCUT2D eigenvalue weighted by atomic mass is 9.95. The third-order valence-corrected chi connectivity index (χ3v) is 3.87. The molecule has 2 fully saturated rings. The van der Waals surface area contributed by atoms with Crippen molar-refractivity contribution in [3.8, 4) is 0 Å². The Labute approximate surface area is 93.0 Å². The first-order chi connectivity index (χ1) is 7.31. The standard InChI is InChI=1S/C12H24N2O/c1-10-8-11(5-7-15-10)14-6-3-2-4-12(14)9-13/h10-12H,2-9,13H2,1H3. The summed E-state index contributed by atoms with van der Waals surface area (Å²) < 4.78 is 5.61. The fourth-order valence-electron chi connectivity index (χ4n) is 3.03. The first-order valence-corrected chi connectivity index (χ1v) is 6.38. The Morgan fingerprint density at radius 2 is 2.20 bits per heavy atom. The van der Waals surface area contributed by atoms with Gasteiger partial charge in [-0.05, 0) is 39.2 Å². The molecule has 0 aromatic carbocycles. The number of nitrogens with zero attached hydrogens (tertiary/aromatic N) is 1. The lowest BCUT2D eigenvalue weighted by molar-refractivity contribution is -0.0340. The van der Waals surface area contributed by atoms with E-state index in [1.54, 1.807) is 0 Å². The van der Waals surface area contributed by atoms with Crippen LogP contribution < -0.4 is 5.73 Å². The van der Waals surface area contributed by atoms with Crippen molar-refractivity contribution < 1.29 is 4.74 Å². The molecule has 0 aromatic rings. The molecule has 3 atom stereocenters. The largest absolute Gasteiger partial charge is 0.378 e. The summed E-state index contributed by atoms with van der Waals surface area (Å²) in [6.07, 6.45) is 6.82. The maximum absolute atomic E-state index is 5.86. The minimum atomic E-state index is 0.434.